The lowest BCUT2D eigenvalue weighted by Gasteiger charge is -2.38. The van der Waals surface area contributed by atoms with Crippen molar-refractivity contribution in [1.82, 2.24) is 14.7 Å². The molecule has 420 valence electrons. The van der Waals surface area contributed by atoms with Gasteiger partial charge in [-0.25, -0.2) is 8.42 Å². The third kappa shape index (κ3) is 50.1. The Morgan fingerprint density at radius 3 is 1.16 bits per heavy atom. The number of carbonyl (C=O) groups is 2. The highest BCUT2D eigenvalue weighted by Crippen LogP contribution is 2.16. The van der Waals surface area contributed by atoms with Crippen molar-refractivity contribution in [1.29, 1.82) is 0 Å². The third-order valence-corrected chi connectivity index (χ3v) is 14.1. The lowest BCUT2D eigenvalue weighted by Crippen LogP contribution is -2.54. The zero-order chi connectivity index (χ0) is 52.2. The number of hydrogen-bond donors (Lipinski definition) is 4. The number of hydrogen-bond acceptors (Lipinski definition) is 13. The molecule has 15 nitrogen and oxygen atoms in total. The highest BCUT2D eigenvalue weighted by molar-refractivity contribution is 7.80. The molecule has 16 heteroatoms. The molecular formula is C54H112N4O11S. The van der Waals surface area contributed by atoms with Crippen LogP contribution < -0.4 is 0 Å². The minimum absolute atomic E-state index is 0.0149. The van der Waals surface area contributed by atoms with E-state index in [-0.39, 0.29) is 38.3 Å². The van der Waals surface area contributed by atoms with Crippen molar-refractivity contribution in [2.75, 3.05) is 119 Å². The van der Waals surface area contributed by atoms with E-state index in [0.717, 1.165) is 39.3 Å². The van der Waals surface area contributed by atoms with Gasteiger partial charge >= 0.3 is 5.97 Å². The first-order chi connectivity index (χ1) is 33.8. The first kappa shape index (κ1) is 70.6. The lowest BCUT2D eigenvalue weighted by molar-refractivity contribution is -0.908. The molecule has 0 saturated heterocycles. The smallest absolute Gasteiger partial charge is 0.305 e. The van der Waals surface area contributed by atoms with E-state index in [1.54, 1.807) is 4.90 Å². The van der Waals surface area contributed by atoms with Crippen LogP contribution in [0.2, 0.25) is 0 Å². The highest BCUT2D eigenvalue weighted by Gasteiger charge is 2.25. The number of likely N-dealkylation sites (N-methyl/N-ethyl adjacent to an activating group) is 1. The van der Waals surface area contributed by atoms with Gasteiger partial charge in [0.2, 0.25) is 16.3 Å². The van der Waals surface area contributed by atoms with Crippen LogP contribution in [-0.4, -0.2) is 184 Å². The molecular weight excluding hydrogens is 913 g/mol. The van der Waals surface area contributed by atoms with Gasteiger partial charge in [-0.2, -0.15) is 0 Å². The van der Waals surface area contributed by atoms with Crippen molar-refractivity contribution < 1.29 is 56.4 Å². The summed E-state index contributed by atoms with van der Waals surface area (Å²) >= 11 is 0. The van der Waals surface area contributed by atoms with Gasteiger partial charge in [0.15, 0.2) is 0 Å². The molecule has 0 saturated carbocycles. The second kappa shape index (κ2) is 52.4. The average Bonchev–Trinajstić information content (AvgIpc) is 3.33. The summed E-state index contributed by atoms with van der Waals surface area (Å²) in [4.78, 5) is 31.8. The third-order valence-electron chi connectivity index (χ3n) is 13.6. The van der Waals surface area contributed by atoms with E-state index in [4.69, 9.17) is 4.74 Å². The fourth-order valence-electron chi connectivity index (χ4n) is 8.85. The molecule has 0 aliphatic carbocycles. The second-order valence-electron chi connectivity index (χ2n) is 19.9. The van der Waals surface area contributed by atoms with Crippen molar-refractivity contribution in [3.63, 3.8) is 0 Å². The minimum atomic E-state index is -4.41. The van der Waals surface area contributed by atoms with Crippen molar-refractivity contribution in [3.05, 3.63) is 0 Å². The topological polar surface area (TPSA) is 200 Å². The number of aliphatic hydroxyl groups excluding tert-OH is 4. The molecule has 0 aromatic heterocycles. The number of aliphatic hydroxyl groups is 4. The Balaban J connectivity index is 0. The predicted molar refractivity (Wildman–Crippen MR) is 285 cm³/mol. The van der Waals surface area contributed by atoms with Crippen LogP contribution >= 0.6 is 0 Å². The molecule has 0 rings (SSSR count). The van der Waals surface area contributed by atoms with E-state index in [2.05, 4.69) is 34.9 Å². The molecule has 0 aromatic rings. The molecule has 0 aliphatic rings. The molecule has 0 heterocycles. The summed E-state index contributed by atoms with van der Waals surface area (Å²) in [5, 5.41) is 39.4. The van der Waals surface area contributed by atoms with Gasteiger partial charge in [0.05, 0.1) is 60.2 Å². The highest BCUT2D eigenvalue weighted by atomic mass is 32.3. The van der Waals surface area contributed by atoms with Gasteiger partial charge in [0.1, 0.15) is 13.2 Å². The maximum Gasteiger partial charge on any atom is 0.305 e. The number of rotatable bonds is 53. The zero-order valence-corrected chi connectivity index (χ0v) is 46.6. The average molecular weight is 1030 g/mol. The van der Waals surface area contributed by atoms with E-state index in [9.17, 15) is 43.0 Å². The van der Waals surface area contributed by atoms with Crippen LogP contribution in [0.15, 0.2) is 0 Å². The Morgan fingerprint density at radius 2 is 0.800 bits per heavy atom. The van der Waals surface area contributed by atoms with Crippen LogP contribution in [0.4, 0.5) is 0 Å². The molecule has 0 aromatic carbocycles. The summed E-state index contributed by atoms with van der Waals surface area (Å²) < 4.78 is 37.2. The standard InChI is InChI=1S/C53H109N4O7.CH4O4S/c1-4-6-8-10-12-14-16-18-20-22-24-26-28-30-32-34-52(62)56(42-49-60)39-45-57(3,46-50-61)44-38-54(40-47-58)36-37-55(41-48-59)43-51-64-53(63)35-33-31-29-27-25-23-21-19-17-15-13-11-9-7-5-2;1-5-6(2,3)4/h58-61H,4-51H2,1-3H3;1H3,(H,2,3,4)/q+1;/p-1. The molecule has 70 heavy (non-hydrogen) atoms. The quantitative estimate of drug-likeness (QED) is 0.0148. The van der Waals surface area contributed by atoms with Gasteiger partial charge < -0.3 is 39.1 Å². The summed E-state index contributed by atoms with van der Waals surface area (Å²) in [7, 11) is -1.50. The summed E-state index contributed by atoms with van der Waals surface area (Å²) in [6, 6.07) is 0. The SMILES string of the molecule is CCCCCCCCCCCCCCCCCC(=O)OCCN(CCO)CCN(CCO)CC[N+](C)(CCO)CCN(CCO)C(=O)CCCCCCCCCCCCCCCCC.COS(=O)(=O)[O-]. The zero-order valence-electron chi connectivity index (χ0n) is 45.8. The minimum Gasteiger partial charge on any atom is -0.726 e. The van der Waals surface area contributed by atoms with Crippen LogP contribution in [0.3, 0.4) is 0 Å². The van der Waals surface area contributed by atoms with Gasteiger partial charge in [-0.15, -0.1) is 0 Å². The van der Waals surface area contributed by atoms with E-state index in [1.807, 2.05) is 0 Å². The van der Waals surface area contributed by atoms with Gasteiger partial charge in [0.25, 0.3) is 0 Å². The van der Waals surface area contributed by atoms with Crippen LogP contribution in [0.1, 0.15) is 219 Å². The molecule has 1 amide bonds. The Morgan fingerprint density at radius 1 is 0.457 bits per heavy atom. The first-order valence-corrected chi connectivity index (χ1v) is 29.8. The van der Waals surface area contributed by atoms with Crippen LogP contribution in [0.25, 0.3) is 0 Å². The summed E-state index contributed by atoms with van der Waals surface area (Å²) in [6.45, 7) is 11.2. The van der Waals surface area contributed by atoms with Gasteiger partial charge in [0, 0.05) is 58.7 Å². The molecule has 0 aliphatic heterocycles. The molecule has 0 bridgehead atoms. The van der Waals surface area contributed by atoms with Gasteiger partial charge in [-0.05, 0) is 12.8 Å². The summed E-state index contributed by atoms with van der Waals surface area (Å²) in [5.74, 6) is -0.0494. The largest absolute Gasteiger partial charge is 0.726 e. The Hall–Kier alpha value is -1.47. The van der Waals surface area contributed by atoms with Crippen molar-refractivity contribution in [2.24, 2.45) is 0 Å². The lowest BCUT2D eigenvalue weighted by atomic mass is 10.0. The molecule has 1 atom stereocenters. The second-order valence-corrected chi connectivity index (χ2v) is 21.1. The molecule has 0 spiro atoms. The maximum atomic E-state index is 13.2. The first-order valence-electron chi connectivity index (χ1n) is 28.5. The van der Waals surface area contributed by atoms with E-state index >= 15 is 0 Å². The van der Waals surface area contributed by atoms with Crippen LogP contribution in [0.5, 0.6) is 0 Å². The van der Waals surface area contributed by atoms with E-state index in [1.165, 1.54) is 167 Å². The Bertz CT molecular complexity index is 1240. The van der Waals surface area contributed by atoms with Crippen LogP contribution in [-0.2, 0) is 28.9 Å². The normalized spacial score (nSPS) is 12.6. The molecule has 1 unspecified atom stereocenters. The fourth-order valence-corrected chi connectivity index (χ4v) is 8.85. The fraction of sp³-hybridized carbons (Fsp3) is 0.963. The Kier molecular flexibility index (Phi) is 52.8. The summed E-state index contributed by atoms with van der Waals surface area (Å²) in [5.41, 5.74) is 0. The number of ether oxygens (including phenoxy) is 1. The molecule has 0 fully saturated rings. The van der Waals surface area contributed by atoms with Gasteiger partial charge in [-0.3, -0.25) is 23.6 Å². The van der Waals surface area contributed by atoms with E-state index < -0.39 is 10.4 Å². The number of nitrogens with zero attached hydrogens (tertiary/aromatic N) is 4. The maximum absolute atomic E-state index is 13.2. The number of carbonyl (C=O) groups excluding carboxylic acids is 2. The molecule has 0 radical (unpaired) electrons. The number of quaternary nitrogens is 1. The van der Waals surface area contributed by atoms with Crippen molar-refractivity contribution in [3.8, 4) is 0 Å². The Labute approximate surface area is 430 Å². The number of amides is 1. The summed E-state index contributed by atoms with van der Waals surface area (Å²) in [6.07, 6.45) is 39.7. The molecule has 4 N–H and O–H groups in total. The number of unbranched alkanes of at least 4 members (excludes halogenated alkanes) is 28. The monoisotopic (exact) mass is 1020 g/mol. The number of esters is 1. The van der Waals surface area contributed by atoms with Crippen LogP contribution in [0, 0.1) is 0 Å². The predicted octanol–water partition coefficient (Wildman–Crippen LogP) is 8.99. The van der Waals surface area contributed by atoms with E-state index in [0.29, 0.717) is 89.4 Å². The van der Waals surface area contributed by atoms with Crippen molar-refractivity contribution in [2.45, 2.75) is 219 Å². The van der Waals surface area contributed by atoms with Crippen molar-refractivity contribution >= 4 is 22.3 Å². The van der Waals surface area contributed by atoms with Gasteiger partial charge in [-0.1, -0.05) is 194 Å².